The number of benzene rings is 1. The highest BCUT2D eigenvalue weighted by atomic mass is 19.3. The van der Waals surface area contributed by atoms with Gasteiger partial charge in [-0.1, -0.05) is 19.1 Å². The first kappa shape index (κ1) is 11.0. The summed E-state index contributed by atoms with van der Waals surface area (Å²) in [6.45, 7) is -0.493. The van der Waals surface area contributed by atoms with Crippen LogP contribution >= 0.6 is 0 Å². The topological polar surface area (TPSA) is 43.8 Å². The van der Waals surface area contributed by atoms with Crippen LogP contribution in [0.3, 0.4) is 0 Å². The molecule has 1 aromatic carbocycles. The molecule has 2 rings (SSSR count). The summed E-state index contributed by atoms with van der Waals surface area (Å²) in [4.78, 5) is 4.21. The smallest absolute Gasteiger partial charge is 0.320 e. The highest BCUT2D eigenvalue weighted by molar-refractivity contribution is 5.76. The van der Waals surface area contributed by atoms with E-state index in [1.807, 2.05) is 0 Å². The number of nitrogens with two attached hydrogens (primary N) is 1. The van der Waals surface area contributed by atoms with Crippen LogP contribution in [0.4, 0.5) is 8.78 Å². The van der Waals surface area contributed by atoms with Crippen molar-refractivity contribution in [1.29, 1.82) is 0 Å². The number of alkyl halides is 2. The zero-order valence-electron chi connectivity index (χ0n) is 8.90. The molecule has 2 aromatic rings. The van der Waals surface area contributed by atoms with Gasteiger partial charge in [0.05, 0.1) is 11.0 Å². The lowest BCUT2D eigenvalue weighted by molar-refractivity contribution is 0.0705. The van der Waals surface area contributed by atoms with E-state index in [-0.39, 0.29) is 5.92 Å². The van der Waals surface area contributed by atoms with Crippen molar-refractivity contribution in [3.63, 3.8) is 0 Å². The number of hydrogen-bond acceptors (Lipinski definition) is 2. The average Bonchev–Trinajstić information content (AvgIpc) is 2.67. The van der Waals surface area contributed by atoms with Crippen molar-refractivity contribution >= 4 is 11.0 Å². The highest BCUT2D eigenvalue weighted by Gasteiger charge is 2.20. The number of hydrogen-bond donors (Lipinski definition) is 1. The molecule has 0 unspecified atom stereocenters. The summed E-state index contributed by atoms with van der Waals surface area (Å²) in [5.41, 5.74) is 6.53. The lowest BCUT2D eigenvalue weighted by atomic mass is 10.2. The zero-order valence-corrected chi connectivity index (χ0v) is 8.90. The molecule has 0 aliphatic carbocycles. The molecule has 86 valence electrons. The minimum absolute atomic E-state index is 0.179. The summed E-state index contributed by atoms with van der Waals surface area (Å²) in [5.74, 6) is 0.167. The van der Waals surface area contributed by atoms with Gasteiger partial charge in [-0.3, -0.25) is 4.57 Å². The Kier molecular flexibility index (Phi) is 2.87. The number of para-hydroxylation sites is 2. The molecule has 1 heterocycles. The normalized spacial score (nSPS) is 13.6. The van der Waals surface area contributed by atoms with Gasteiger partial charge in [0.15, 0.2) is 0 Å². The molecule has 0 aliphatic rings. The number of nitrogens with zero attached hydrogens (tertiary/aromatic N) is 2. The third kappa shape index (κ3) is 1.67. The predicted molar refractivity (Wildman–Crippen MR) is 58.5 cm³/mol. The molecule has 0 fully saturated rings. The molecule has 0 spiro atoms. The van der Waals surface area contributed by atoms with Crippen LogP contribution in [0.25, 0.3) is 11.0 Å². The van der Waals surface area contributed by atoms with Gasteiger partial charge in [-0.2, -0.15) is 8.78 Å². The van der Waals surface area contributed by atoms with Crippen LogP contribution in [-0.2, 0) is 0 Å². The zero-order chi connectivity index (χ0) is 11.7. The Morgan fingerprint density at radius 3 is 2.69 bits per heavy atom. The second kappa shape index (κ2) is 4.17. The number of fused-ring (bicyclic) bond motifs is 1. The molecule has 0 aliphatic heterocycles. The molecule has 0 bridgehead atoms. The van der Waals surface area contributed by atoms with Crippen LogP contribution in [-0.4, -0.2) is 16.1 Å². The van der Waals surface area contributed by atoms with Crippen molar-refractivity contribution in [3.8, 4) is 0 Å². The summed E-state index contributed by atoms with van der Waals surface area (Å²) in [6, 6.07) is 6.87. The molecular formula is C11H13F2N3. The highest BCUT2D eigenvalue weighted by Crippen LogP contribution is 2.26. The maximum atomic E-state index is 13.0. The van der Waals surface area contributed by atoms with Crippen LogP contribution in [0.5, 0.6) is 0 Å². The SMILES string of the molecule is C[C@@H](CN)c1nc2ccccc2n1C(F)F. The van der Waals surface area contributed by atoms with Gasteiger partial charge in [0, 0.05) is 12.5 Å². The van der Waals surface area contributed by atoms with Crippen LogP contribution < -0.4 is 5.73 Å². The minimum atomic E-state index is -2.59. The van der Waals surface area contributed by atoms with E-state index in [0.29, 0.717) is 23.4 Å². The largest absolute Gasteiger partial charge is 0.330 e. The van der Waals surface area contributed by atoms with Gasteiger partial charge in [-0.15, -0.1) is 0 Å². The molecule has 0 amide bonds. The van der Waals surface area contributed by atoms with Crippen LogP contribution in [0.15, 0.2) is 24.3 Å². The number of halogens is 2. The van der Waals surface area contributed by atoms with Crippen molar-refractivity contribution in [2.24, 2.45) is 5.73 Å². The third-order valence-electron chi connectivity index (χ3n) is 2.61. The Labute approximate surface area is 91.9 Å². The molecular weight excluding hydrogens is 212 g/mol. The maximum Gasteiger partial charge on any atom is 0.320 e. The number of aromatic nitrogens is 2. The van der Waals surface area contributed by atoms with Crippen molar-refractivity contribution in [1.82, 2.24) is 9.55 Å². The average molecular weight is 225 g/mol. The van der Waals surface area contributed by atoms with Crippen LogP contribution in [0.2, 0.25) is 0 Å². The summed E-state index contributed by atoms with van der Waals surface area (Å²) < 4.78 is 26.9. The molecule has 3 nitrogen and oxygen atoms in total. The first-order chi connectivity index (χ1) is 7.65. The van der Waals surface area contributed by atoms with E-state index in [4.69, 9.17) is 5.73 Å². The standard InChI is InChI=1S/C11H13F2N3/c1-7(6-14)10-15-8-4-2-3-5-9(8)16(10)11(12)13/h2-5,7,11H,6,14H2,1H3/t7-/m0/s1. The fraction of sp³-hybridized carbons (Fsp3) is 0.364. The van der Waals surface area contributed by atoms with Crippen LogP contribution in [0.1, 0.15) is 25.2 Å². The number of rotatable bonds is 3. The number of imidazole rings is 1. The second-order valence-corrected chi connectivity index (χ2v) is 3.74. The molecule has 0 saturated carbocycles. The molecule has 5 heteroatoms. The Morgan fingerprint density at radius 1 is 1.38 bits per heavy atom. The summed E-state index contributed by atoms with van der Waals surface area (Å²) in [7, 11) is 0. The quantitative estimate of drug-likeness (QED) is 0.872. The van der Waals surface area contributed by atoms with Gasteiger partial charge in [0.25, 0.3) is 0 Å². The second-order valence-electron chi connectivity index (χ2n) is 3.74. The molecule has 1 aromatic heterocycles. The van der Waals surface area contributed by atoms with E-state index in [1.54, 1.807) is 31.2 Å². The lowest BCUT2D eigenvalue weighted by Gasteiger charge is -2.11. The third-order valence-corrected chi connectivity index (χ3v) is 2.61. The summed E-state index contributed by atoms with van der Waals surface area (Å²) in [5, 5.41) is 0. The van der Waals surface area contributed by atoms with Crippen molar-refractivity contribution < 1.29 is 8.78 Å². The molecule has 0 saturated heterocycles. The monoisotopic (exact) mass is 225 g/mol. The van der Waals surface area contributed by atoms with Crippen molar-refractivity contribution in [3.05, 3.63) is 30.1 Å². The van der Waals surface area contributed by atoms with Crippen molar-refractivity contribution in [2.75, 3.05) is 6.54 Å². The van der Waals surface area contributed by atoms with E-state index in [9.17, 15) is 8.78 Å². The van der Waals surface area contributed by atoms with Crippen molar-refractivity contribution in [2.45, 2.75) is 19.4 Å². The van der Waals surface area contributed by atoms with Crippen LogP contribution in [0, 0.1) is 0 Å². The first-order valence-electron chi connectivity index (χ1n) is 5.10. The molecule has 2 N–H and O–H groups in total. The van der Waals surface area contributed by atoms with Gasteiger partial charge in [0.2, 0.25) is 0 Å². The van der Waals surface area contributed by atoms with E-state index in [2.05, 4.69) is 4.98 Å². The molecule has 16 heavy (non-hydrogen) atoms. The van der Waals surface area contributed by atoms with Gasteiger partial charge in [0.1, 0.15) is 5.82 Å². The fourth-order valence-electron chi connectivity index (χ4n) is 1.72. The lowest BCUT2D eigenvalue weighted by Crippen LogP contribution is -2.15. The fourth-order valence-corrected chi connectivity index (χ4v) is 1.72. The minimum Gasteiger partial charge on any atom is -0.330 e. The summed E-state index contributed by atoms with van der Waals surface area (Å²) >= 11 is 0. The Bertz CT molecular complexity index is 493. The Balaban J connectivity index is 2.68. The summed E-state index contributed by atoms with van der Waals surface area (Å²) in [6.07, 6.45) is 0. The Morgan fingerprint density at radius 2 is 2.06 bits per heavy atom. The van der Waals surface area contributed by atoms with E-state index < -0.39 is 6.55 Å². The predicted octanol–water partition coefficient (Wildman–Crippen LogP) is 2.49. The molecule has 0 radical (unpaired) electrons. The first-order valence-corrected chi connectivity index (χ1v) is 5.10. The van der Waals surface area contributed by atoms with Gasteiger partial charge in [-0.05, 0) is 12.1 Å². The Hall–Kier alpha value is -1.49. The van der Waals surface area contributed by atoms with E-state index >= 15 is 0 Å². The van der Waals surface area contributed by atoms with E-state index in [1.165, 1.54) is 0 Å². The van der Waals surface area contributed by atoms with Gasteiger partial charge < -0.3 is 5.73 Å². The van der Waals surface area contributed by atoms with Gasteiger partial charge in [-0.25, -0.2) is 4.98 Å². The van der Waals surface area contributed by atoms with E-state index in [0.717, 1.165) is 4.57 Å². The molecule has 1 atom stereocenters. The maximum absolute atomic E-state index is 13.0. The van der Waals surface area contributed by atoms with Gasteiger partial charge >= 0.3 is 6.55 Å².